The second-order valence-electron chi connectivity index (χ2n) is 21.4. The van der Waals surface area contributed by atoms with Gasteiger partial charge in [0, 0.05) is 11.8 Å². The second kappa shape index (κ2) is 20.5. The zero-order valence-corrected chi connectivity index (χ0v) is 40.5. The van der Waals surface area contributed by atoms with Crippen LogP contribution in [0.25, 0.3) is 0 Å². The van der Waals surface area contributed by atoms with Crippen LogP contribution in [0.5, 0.6) is 0 Å². The number of hydrogen-bond donors (Lipinski definition) is 1. The highest BCUT2D eigenvalue weighted by Gasteiger charge is 2.63. The summed E-state index contributed by atoms with van der Waals surface area (Å²) < 4.78 is 15.5. The minimum atomic E-state index is -0.537. The van der Waals surface area contributed by atoms with Crippen LogP contribution in [0.15, 0.2) is 81.0 Å². The molecule has 0 aromatic heterocycles. The van der Waals surface area contributed by atoms with Gasteiger partial charge in [-0.15, -0.1) is 0 Å². The molecule has 3 nitrogen and oxygen atoms in total. The highest BCUT2D eigenvalue weighted by Crippen LogP contribution is 2.65. The molecule has 1 spiro atoms. The molecule has 5 aliphatic rings. The first-order chi connectivity index (χ1) is 28.0. The molecule has 8 atom stereocenters. The maximum absolute atomic E-state index is 10.9. The van der Waals surface area contributed by atoms with E-state index in [2.05, 4.69) is 113 Å². The molecule has 0 aromatic carbocycles. The fraction of sp³-hybridized carbons (Fsp3) is 0.750. The van der Waals surface area contributed by atoms with E-state index in [0.29, 0.717) is 11.8 Å². The number of aliphatic hydroxyl groups is 1. The van der Waals surface area contributed by atoms with Gasteiger partial charge in [0.25, 0.3) is 0 Å². The Morgan fingerprint density at radius 3 is 2.02 bits per heavy atom. The van der Waals surface area contributed by atoms with Crippen LogP contribution in [-0.2, 0) is 9.47 Å². The summed E-state index contributed by atoms with van der Waals surface area (Å²) >= 11 is 0. The molecule has 332 valence electrons. The third-order valence-electron chi connectivity index (χ3n) is 15.9. The lowest BCUT2D eigenvalue weighted by atomic mass is 9.51. The smallest absolute Gasteiger partial charge is 0.101 e. The maximum Gasteiger partial charge on any atom is 0.101 e. The van der Waals surface area contributed by atoms with Crippen LogP contribution >= 0.6 is 0 Å². The Kier molecular flexibility index (Phi) is 16.7. The van der Waals surface area contributed by atoms with Gasteiger partial charge in [-0.05, 0) is 187 Å². The van der Waals surface area contributed by atoms with Gasteiger partial charge in [0.05, 0.1) is 22.4 Å². The Bertz CT molecular complexity index is 1660. The second-order valence-corrected chi connectivity index (χ2v) is 21.4. The van der Waals surface area contributed by atoms with Gasteiger partial charge < -0.3 is 14.6 Å². The average Bonchev–Trinajstić information content (AvgIpc) is 3.16. The molecule has 3 heteroatoms. The zero-order chi connectivity index (χ0) is 43.1. The fourth-order valence-electron chi connectivity index (χ4n) is 12.3. The number of hydrogen-bond acceptors (Lipinski definition) is 3. The summed E-state index contributed by atoms with van der Waals surface area (Å²) in [6.45, 7) is 28.0. The van der Waals surface area contributed by atoms with Crippen molar-refractivity contribution < 1.29 is 14.6 Å². The van der Waals surface area contributed by atoms with Crippen molar-refractivity contribution in [3.63, 3.8) is 0 Å². The van der Waals surface area contributed by atoms with E-state index >= 15 is 0 Å². The van der Waals surface area contributed by atoms with Crippen molar-refractivity contribution in [3.05, 3.63) is 81.0 Å². The lowest BCUT2D eigenvalue weighted by Gasteiger charge is -2.64. The topological polar surface area (TPSA) is 38.7 Å². The Hall–Kier alpha value is -1.94. The van der Waals surface area contributed by atoms with E-state index in [1.165, 1.54) is 84.8 Å². The third-order valence-corrected chi connectivity index (χ3v) is 15.9. The van der Waals surface area contributed by atoms with Crippen molar-refractivity contribution >= 4 is 0 Å². The van der Waals surface area contributed by atoms with Crippen molar-refractivity contribution in [1.29, 1.82) is 0 Å². The molecule has 2 fully saturated rings. The van der Waals surface area contributed by atoms with Crippen molar-refractivity contribution in [2.75, 3.05) is 0 Å². The van der Waals surface area contributed by atoms with E-state index in [9.17, 15) is 5.11 Å². The molecule has 0 saturated carbocycles. The lowest BCUT2D eigenvalue weighted by Crippen LogP contribution is -2.63. The van der Waals surface area contributed by atoms with Crippen LogP contribution in [0.1, 0.15) is 224 Å². The standard InChI is InChI=1S/C56H90O3/c1-13-16-18-24-41(4)25-20-26-42(5)29-23-36-54(12)39-47-40-56-48(31-30-44(7)50(56)49-38-45(8)46(9)55(15-3,59-54)51(47)49)32-37-53(11,58-56)35-22-28-43(6)27-21-34-52(10,57)33-19-17-14-2/h24,28-31,38,46-47,50,57H,13-23,25-27,32-37,39-40H2,1-12H3/b41-24+,42-29+,43-28+. The normalized spacial score (nSPS) is 33.4. The maximum atomic E-state index is 10.9. The predicted molar refractivity (Wildman–Crippen MR) is 254 cm³/mol. The van der Waals surface area contributed by atoms with Crippen molar-refractivity contribution in [2.24, 2.45) is 17.8 Å². The number of fused-ring (bicyclic) bond motifs is 1. The molecule has 1 N–H and O–H groups in total. The first-order valence-electron chi connectivity index (χ1n) is 24.9. The van der Waals surface area contributed by atoms with Gasteiger partial charge in [-0.1, -0.05) is 124 Å². The Labute approximate surface area is 364 Å². The summed E-state index contributed by atoms with van der Waals surface area (Å²) in [6.07, 6.45) is 39.5. The molecule has 8 unspecified atom stereocenters. The van der Waals surface area contributed by atoms with Crippen LogP contribution in [0.2, 0.25) is 0 Å². The van der Waals surface area contributed by atoms with Gasteiger partial charge in [0.2, 0.25) is 0 Å². The molecule has 3 aliphatic carbocycles. The molecule has 2 saturated heterocycles. The predicted octanol–water partition coefficient (Wildman–Crippen LogP) is 16.3. The quantitative estimate of drug-likeness (QED) is 0.0874. The van der Waals surface area contributed by atoms with E-state index in [-0.39, 0.29) is 28.3 Å². The SMILES string of the molecule is CCCC/C=C(\C)CCC/C(C)=C/CCC1(C)CC2CC34OC(C)(CC/C=C(\C)CCCC(C)(O)CCCCC)CCC3=CC=C(C)C4C3=C2C(CC)(O1)C(C)C(C)=C3. The van der Waals surface area contributed by atoms with Gasteiger partial charge in [0.1, 0.15) is 5.60 Å². The van der Waals surface area contributed by atoms with Gasteiger partial charge in [-0.25, -0.2) is 0 Å². The van der Waals surface area contributed by atoms with Gasteiger partial charge in [-0.3, -0.25) is 0 Å². The number of allylic oxidation sites excluding steroid dienone is 9. The minimum absolute atomic E-state index is 0.172. The number of ether oxygens (including phenoxy) is 2. The molecule has 0 radical (unpaired) electrons. The monoisotopic (exact) mass is 811 g/mol. The minimum Gasteiger partial charge on any atom is -0.390 e. The highest BCUT2D eigenvalue weighted by molar-refractivity contribution is 5.56. The Morgan fingerprint density at radius 1 is 0.763 bits per heavy atom. The summed E-state index contributed by atoms with van der Waals surface area (Å²) in [4.78, 5) is 0. The lowest BCUT2D eigenvalue weighted by molar-refractivity contribution is -0.215. The first kappa shape index (κ1) is 48.1. The summed E-state index contributed by atoms with van der Waals surface area (Å²) in [5.41, 5.74) is 10.7. The van der Waals surface area contributed by atoms with Gasteiger partial charge in [0.15, 0.2) is 0 Å². The third kappa shape index (κ3) is 11.4. The molecule has 2 aliphatic heterocycles. The molecular weight excluding hydrogens is 721 g/mol. The Balaban J connectivity index is 1.33. The molecule has 0 aromatic rings. The summed E-state index contributed by atoms with van der Waals surface area (Å²) in [7, 11) is 0. The fourth-order valence-corrected chi connectivity index (χ4v) is 12.3. The van der Waals surface area contributed by atoms with Crippen LogP contribution < -0.4 is 0 Å². The highest BCUT2D eigenvalue weighted by atomic mass is 16.5. The largest absolute Gasteiger partial charge is 0.390 e. The van der Waals surface area contributed by atoms with E-state index in [1.807, 2.05) is 6.92 Å². The first-order valence-corrected chi connectivity index (χ1v) is 24.9. The van der Waals surface area contributed by atoms with E-state index in [1.54, 1.807) is 11.1 Å². The van der Waals surface area contributed by atoms with Gasteiger partial charge in [-0.2, -0.15) is 0 Å². The van der Waals surface area contributed by atoms with Crippen molar-refractivity contribution in [1.82, 2.24) is 0 Å². The Morgan fingerprint density at radius 2 is 1.37 bits per heavy atom. The summed E-state index contributed by atoms with van der Waals surface area (Å²) in [6, 6.07) is 0. The van der Waals surface area contributed by atoms with Crippen LogP contribution in [0.3, 0.4) is 0 Å². The molecular formula is C56H90O3. The number of unbranched alkanes of at least 4 members (excludes halogenated alkanes) is 4. The van der Waals surface area contributed by atoms with Crippen molar-refractivity contribution in [2.45, 2.75) is 252 Å². The summed E-state index contributed by atoms with van der Waals surface area (Å²) in [5.74, 6) is 1.04. The summed E-state index contributed by atoms with van der Waals surface area (Å²) in [5, 5.41) is 10.9. The van der Waals surface area contributed by atoms with E-state index in [4.69, 9.17) is 9.47 Å². The van der Waals surface area contributed by atoms with Crippen molar-refractivity contribution in [3.8, 4) is 0 Å². The molecule has 0 amide bonds. The molecule has 5 rings (SSSR count). The van der Waals surface area contributed by atoms with E-state index in [0.717, 1.165) is 89.9 Å². The number of rotatable bonds is 22. The van der Waals surface area contributed by atoms with Crippen LogP contribution in [-0.4, -0.2) is 33.1 Å². The van der Waals surface area contributed by atoms with Crippen LogP contribution in [0.4, 0.5) is 0 Å². The molecule has 2 heterocycles. The average molecular weight is 811 g/mol. The van der Waals surface area contributed by atoms with Crippen LogP contribution in [0, 0.1) is 17.8 Å². The molecule has 0 bridgehead atoms. The molecule has 59 heavy (non-hydrogen) atoms. The van der Waals surface area contributed by atoms with E-state index < -0.39 is 5.60 Å². The zero-order valence-electron chi connectivity index (χ0n) is 40.5. The van der Waals surface area contributed by atoms with Gasteiger partial charge >= 0.3 is 0 Å².